The number of aromatic amines is 1. The van der Waals surface area contributed by atoms with Crippen LogP contribution in [0.3, 0.4) is 0 Å². The van der Waals surface area contributed by atoms with Gasteiger partial charge in [-0.2, -0.15) is 5.10 Å². The highest BCUT2D eigenvalue weighted by Gasteiger charge is 2.28. The Morgan fingerprint density at radius 3 is 2.45 bits per heavy atom. The zero-order valence-corrected chi connectivity index (χ0v) is 13.9. The van der Waals surface area contributed by atoms with Crippen molar-refractivity contribution in [3.63, 3.8) is 0 Å². The largest absolute Gasteiger partial charge is 0.272 e. The molecule has 3 rings (SSSR count). The van der Waals surface area contributed by atoms with Crippen molar-refractivity contribution in [1.29, 1.82) is 0 Å². The van der Waals surface area contributed by atoms with Crippen molar-refractivity contribution in [1.82, 2.24) is 19.1 Å². The highest BCUT2D eigenvalue weighted by molar-refractivity contribution is 7.88. The molecule has 1 N–H and O–H groups in total. The lowest BCUT2D eigenvalue weighted by Gasteiger charge is -2.29. The summed E-state index contributed by atoms with van der Waals surface area (Å²) in [6.07, 6.45) is 2.76. The predicted molar refractivity (Wildman–Crippen MR) is 87.1 cm³/mol. The number of H-pyrrole nitrogens is 1. The SMILES string of the molecule is CS(=O)(=O)N1CCC(c2n[nH]c(=S)n2-c2ccccc2)CC1. The molecule has 1 aliphatic heterocycles. The molecule has 6 nitrogen and oxygen atoms in total. The lowest BCUT2D eigenvalue weighted by Crippen LogP contribution is -2.37. The Balaban J connectivity index is 1.88. The maximum Gasteiger partial charge on any atom is 0.211 e. The minimum absolute atomic E-state index is 0.200. The highest BCUT2D eigenvalue weighted by Crippen LogP contribution is 2.29. The van der Waals surface area contributed by atoms with Crippen molar-refractivity contribution < 1.29 is 8.42 Å². The third kappa shape index (κ3) is 2.99. The molecule has 1 aromatic heterocycles. The van der Waals surface area contributed by atoms with Crippen molar-refractivity contribution in [2.45, 2.75) is 18.8 Å². The molecule has 0 atom stereocenters. The predicted octanol–water partition coefficient (Wildman–Crippen LogP) is 2.07. The van der Waals surface area contributed by atoms with Crippen molar-refractivity contribution in [3.8, 4) is 5.69 Å². The molecule has 1 fully saturated rings. The number of aromatic nitrogens is 3. The summed E-state index contributed by atoms with van der Waals surface area (Å²) in [5, 5.41) is 7.24. The summed E-state index contributed by atoms with van der Waals surface area (Å²) in [7, 11) is -3.11. The van der Waals surface area contributed by atoms with Crippen LogP contribution in [0.1, 0.15) is 24.6 Å². The maximum atomic E-state index is 11.6. The standard InChI is InChI=1S/C14H18N4O2S2/c1-22(19,20)17-9-7-11(8-10-17)13-15-16-14(21)18(13)12-5-3-2-4-6-12/h2-6,11H,7-10H2,1H3,(H,16,21). The van der Waals surface area contributed by atoms with Gasteiger partial charge < -0.3 is 0 Å². The van der Waals surface area contributed by atoms with Gasteiger partial charge in [0.25, 0.3) is 0 Å². The Morgan fingerprint density at radius 2 is 1.86 bits per heavy atom. The molecule has 118 valence electrons. The third-order valence-electron chi connectivity index (χ3n) is 4.00. The van der Waals surface area contributed by atoms with Gasteiger partial charge in [-0.25, -0.2) is 12.7 Å². The smallest absolute Gasteiger partial charge is 0.211 e. The van der Waals surface area contributed by atoms with Gasteiger partial charge in [0.1, 0.15) is 5.82 Å². The maximum absolute atomic E-state index is 11.6. The second-order valence-corrected chi connectivity index (χ2v) is 7.86. The van der Waals surface area contributed by atoms with Crippen molar-refractivity contribution in [2.24, 2.45) is 0 Å². The molecule has 2 heterocycles. The molecule has 1 aliphatic rings. The molecule has 0 radical (unpaired) electrons. The van der Waals surface area contributed by atoms with Gasteiger partial charge in [0.2, 0.25) is 10.0 Å². The average Bonchev–Trinajstić information content (AvgIpc) is 2.89. The number of piperidine rings is 1. The number of sulfonamides is 1. The Labute approximate surface area is 134 Å². The topological polar surface area (TPSA) is 71.0 Å². The lowest BCUT2D eigenvalue weighted by atomic mass is 9.97. The van der Waals surface area contributed by atoms with E-state index in [1.807, 2.05) is 34.9 Å². The van der Waals surface area contributed by atoms with Gasteiger partial charge in [-0.1, -0.05) is 18.2 Å². The molecule has 1 saturated heterocycles. The van der Waals surface area contributed by atoms with Crippen molar-refractivity contribution >= 4 is 22.2 Å². The minimum Gasteiger partial charge on any atom is -0.272 e. The second-order valence-electron chi connectivity index (χ2n) is 5.49. The fourth-order valence-corrected chi connectivity index (χ4v) is 3.97. The van der Waals surface area contributed by atoms with Gasteiger partial charge in [0.15, 0.2) is 4.77 Å². The van der Waals surface area contributed by atoms with Gasteiger partial charge in [-0.15, -0.1) is 0 Å². The van der Waals surface area contributed by atoms with E-state index in [1.165, 1.54) is 10.6 Å². The van der Waals surface area contributed by atoms with Crippen molar-refractivity contribution in [2.75, 3.05) is 19.3 Å². The molecular weight excluding hydrogens is 320 g/mol. The van der Waals surface area contributed by atoms with Crippen LogP contribution in [0.5, 0.6) is 0 Å². The van der Waals surface area contributed by atoms with Crippen molar-refractivity contribution in [3.05, 3.63) is 40.9 Å². The molecule has 0 unspecified atom stereocenters. The number of nitrogens with zero attached hydrogens (tertiary/aromatic N) is 3. The third-order valence-corrected chi connectivity index (χ3v) is 5.58. The van der Waals surface area contributed by atoms with Crippen LogP contribution in [0.2, 0.25) is 0 Å². The first-order chi connectivity index (χ1) is 10.5. The summed E-state index contributed by atoms with van der Waals surface area (Å²) in [6, 6.07) is 9.85. The van der Waals surface area contributed by atoms with Gasteiger partial charge in [0, 0.05) is 24.7 Å². The normalized spacial score (nSPS) is 17.7. The monoisotopic (exact) mass is 338 g/mol. The van der Waals surface area contributed by atoms with Gasteiger partial charge in [-0.3, -0.25) is 9.67 Å². The van der Waals surface area contributed by atoms with E-state index in [-0.39, 0.29) is 5.92 Å². The van der Waals surface area contributed by atoms with E-state index < -0.39 is 10.0 Å². The average molecular weight is 338 g/mol. The number of rotatable bonds is 3. The summed E-state index contributed by atoms with van der Waals surface area (Å²) in [4.78, 5) is 0. The van der Waals surface area contributed by atoms with Crippen LogP contribution in [0.25, 0.3) is 5.69 Å². The molecule has 8 heteroatoms. The van der Waals surface area contributed by atoms with Crippen LogP contribution in [0, 0.1) is 4.77 Å². The van der Waals surface area contributed by atoms with E-state index in [2.05, 4.69) is 10.2 Å². The number of nitrogens with one attached hydrogen (secondary N) is 1. The second kappa shape index (κ2) is 5.94. The molecule has 0 bridgehead atoms. The van der Waals surface area contributed by atoms with Crippen LogP contribution in [0.15, 0.2) is 30.3 Å². The first kappa shape index (κ1) is 15.4. The van der Waals surface area contributed by atoms with Crippen LogP contribution >= 0.6 is 12.2 Å². The molecule has 0 aliphatic carbocycles. The Morgan fingerprint density at radius 1 is 1.23 bits per heavy atom. The van der Waals surface area contributed by atoms with E-state index in [0.717, 1.165) is 24.4 Å². The van der Waals surface area contributed by atoms with Crippen LogP contribution in [0.4, 0.5) is 0 Å². The molecule has 0 saturated carbocycles. The van der Waals surface area contributed by atoms with Gasteiger partial charge in [-0.05, 0) is 37.2 Å². The first-order valence-corrected chi connectivity index (χ1v) is 9.40. The molecule has 1 aromatic carbocycles. The van der Waals surface area contributed by atoms with Crippen LogP contribution in [-0.2, 0) is 10.0 Å². The molecule has 2 aromatic rings. The zero-order valence-electron chi connectivity index (χ0n) is 12.3. The highest BCUT2D eigenvalue weighted by atomic mass is 32.2. The number of hydrogen-bond acceptors (Lipinski definition) is 4. The molecule has 0 amide bonds. The van der Waals surface area contributed by atoms with Crippen LogP contribution in [-0.4, -0.2) is 46.8 Å². The Bertz CT molecular complexity index is 803. The summed E-state index contributed by atoms with van der Waals surface area (Å²) in [5.74, 6) is 1.08. The van der Waals surface area contributed by atoms with E-state index in [9.17, 15) is 8.42 Å². The van der Waals surface area contributed by atoms with E-state index in [4.69, 9.17) is 12.2 Å². The fourth-order valence-electron chi connectivity index (χ4n) is 2.86. The first-order valence-electron chi connectivity index (χ1n) is 7.14. The summed E-state index contributed by atoms with van der Waals surface area (Å²) >= 11 is 5.35. The lowest BCUT2D eigenvalue weighted by molar-refractivity contribution is 0.313. The number of benzene rings is 1. The fraction of sp³-hybridized carbons (Fsp3) is 0.429. The van der Waals surface area contributed by atoms with E-state index in [0.29, 0.717) is 17.9 Å². The number of para-hydroxylation sites is 1. The summed E-state index contributed by atoms with van der Waals surface area (Å²) in [5.41, 5.74) is 0.974. The number of hydrogen-bond donors (Lipinski definition) is 1. The van der Waals surface area contributed by atoms with E-state index >= 15 is 0 Å². The Kier molecular flexibility index (Phi) is 4.16. The zero-order chi connectivity index (χ0) is 15.7. The molecular formula is C14H18N4O2S2. The minimum atomic E-state index is -3.11. The molecule has 22 heavy (non-hydrogen) atoms. The summed E-state index contributed by atoms with van der Waals surface area (Å²) in [6.45, 7) is 1.05. The van der Waals surface area contributed by atoms with E-state index in [1.54, 1.807) is 0 Å². The quantitative estimate of drug-likeness (QED) is 0.870. The van der Waals surface area contributed by atoms with Crippen LogP contribution < -0.4 is 0 Å². The summed E-state index contributed by atoms with van der Waals surface area (Å²) < 4.78 is 27.2. The molecule has 0 spiro atoms. The van der Waals surface area contributed by atoms with Gasteiger partial charge >= 0.3 is 0 Å². The van der Waals surface area contributed by atoms with Gasteiger partial charge in [0.05, 0.1) is 6.26 Å². The Hall–Kier alpha value is -1.51.